The van der Waals surface area contributed by atoms with Crippen molar-refractivity contribution in [3.05, 3.63) is 40.4 Å². The number of carboxylic acids is 1. The number of carbonyl (C=O) groups is 2. The van der Waals surface area contributed by atoms with Gasteiger partial charge in [-0.3, -0.25) is 19.0 Å². The van der Waals surface area contributed by atoms with Crippen LogP contribution < -0.4 is 5.56 Å². The molecule has 1 aromatic heterocycles. The fraction of sp³-hybridized carbons (Fsp3) is 0.412. The molecule has 0 saturated heterocycles. The van der Waals surface area contributed by atoms with Gasteiger partial charge in [0.25, 0.3) is 5.56 Å². The standard InChI is InChI=1S/C17H21N3O4/c1-12-5-3-6-13-16(12)18-11-20(17(13)24)10-8-14(21)19(2)9-4-7-15(22)23/h3,5-6,11H,4,7-10H2,1-2H3,(H,22,23). The summed E-state index contributed by atoms with van der Waals surface area (Å²) < 4.78 is 1.44. The number of aromatic nitrogens is 2. The van der Waals surface area contributed by atoms with Gasteiger partial charge in [-0.2, -0.15) is 0 Å². The summed E-state index contributed by atoms with van der Waals surface area (Å²) in [4.78, 5) is 40.8. The fourth-order valence-corrected chi connectivity index (χ4v) is 2.50. The van der Waals surface area contributed by atoms with Crippen LogP contribution in [0.4, 0.5) is 0 Å². The zero-order chi connectivity index (χ0) is 17.7. The van der Waals surface area contributed by atoms with Crippen molar-refractivity contribution < 1.29 is 14.7 Å². The maximum atomic E-state index is 12.4. The first-order chi connectivity index (χ1) is 11.4. The number of carboxylic acid groups (broad SMARTS) is 1. The molecule has 1 amide bonds. The van der Waals surface area contributed by atoms with Crippen LogP contribution in [0, 0.1) is 6.92 Å². The third kappa shape index (κ3) is 4.18. The minimum atomic E-state index is -0.875. The molecule has 0 fully saturated rings. The van der Waals surface area contributed by atoms with E-state index in [-0.39, 0.29) is 30.9 Å². The number of nitrogens with zero attached hydrogens (tertiary/aromatic N) is 3. The zero-order valence-electron chi connectivity index (χ0n) is 13.9. The predicted octanol–water partition coefficient (Wildman–Crippen LogP) is 1.42. The molecule has 128 valence electrons. The summed E-state index contributed by atoms with van der Waals surface area (Å²) in [7, 11) is 1.63. The Bertz CT molecular complexity index is 813. The van der Waals surface area contributed by atoms with Crippen LogP contribution >= 0.6 is 0 Å². The number of aliphatic carboxylic acids is 1. The summed E-state index contributed by atoms with van der Waals surface area (Å²) >= 11 is 0. The summed E-state index contributed by atoms with van der Waals surface area (Å²) in [5, 5.41) is 9.15. The number of fused-ring (bicyclic) bond motifs is 1. The van der Waals surface area contributed by atoms with Crippen LogP contribution in [0.5, 0.6) is 0 Å². The minimum Gasteiger partial charge on any atom is -0.481 e. The molecule has 0 aliphatic rings. The molecule has 0 aliphatic carbocycles. The van der Waals surface area contributed by atoms with E-state index >= 15 is 0 Å². The van der Waals surface area contributed by atoms with Crippen molar-refractivity contribution in [1.82, 2.24) is 14.5 Å². The molecule has 7 nitrogen and oxygen atoms in total. The Hall–Kier alpha value is -2.70. The summed E-state index contributed by atoms with van der Waals surface area (Å²) in [6.07, 6.45) is 2.08. The summed E-state index contributed by atoms with van der Waals surface area (Å²) in [6.45, 7) is 2.53. The average Bonchev–Trinajstić information content (AvgIpc) is 2.54. The molecule has 7 heteroatoms. The van der Waals surface area contributed by atoms with Crippen molar-refractivity contribution in [1.29, 1.82) is 0 Å². The molecule has 0 unspecified atom stereocenters. The number of para-hydroxylation sites is 1. The van der Waals surface area contributed by atoms with Crippen molar-refractivity contribution in [2.75, 3.05) is 13.6 Å². The van der Waals surface area contributed by atoms with Crippen LogP contribution in [-0.4, -0.2) is 45.0 Å². The van der Waals surface area contributed by atoms with Gasteiger partial charge in [0.15, 0.2) is 0 Å². The lowest BCUT2D eigenvalue weighted by molar-refractivity contribution is -0.138. The number of aryl methyl sites for hydroxylation is 2. The smallest absolute Gasteiger partial charge is 0.303 e. The number of benzene rings is 1. The van der Waals surface area contributed by atoms with Gasteiger partial charge in [0, 0.05) is 33.0 Å². The van der Waals surface area contributed by atoms with Gasteiger partial charge in [-0.15, -0.1) is 0 Å². The molecule has 0 spiro atoms. The van der Waals surface area contributed by atoms with Crippen LogP contribution in [0.2, 0.25) is 0 Å². The monoisotopic (exact) mass is 331 g/mol. The third-order valence-corrected chi connectivity index (χ3v) is 3.93. The van der Waals surface area contributed by atoms with Gasteiger partial charge < -0.3 is 10.0 Å². The lowest BCUT2D eigenvalue weighted by Gasteiger charge is -2.17. The maximum Gasteiger partial charge on any atom is 0.303 e. The highest BCUT2D eigenvalue weighted by atomic mass is 16.4. The van der Waals surface area contributed by atoms with E-state index < -0.39 is 5.97 Å². The van der Waals surface area contributed by atoms with E-state index in [2.05, 4.69) is 4.98 Å². The van der Waals surface area contributed by atoms with Gasteiger partial charge in [-0.25, -0.2) is 4.98 Å². The van der Waals surface area contributed by atoms with E-state index in [0.717, 1.165) is 5.56 Å². The van der Waals surface area contributed by atoms with E-state index in [9.17, 15) is 14.4 Å². The highest BCUT2D eigenvalue weighted by Gasteiger charge is 2.11. The molecule has 24 heavy (non-hydrogen) atoms. The molecule has 0 radical (unpaired) electrons. The Morgan fingerprint density at radius 2 is 2.04 bits per heavy atom. The number of rotatable bonds is 7. The Kier molecular flexibility index (Phi) is 5.68. The first kappa shape index (κ1) is 17.7. The van der Waals surface area contributed by atoms with E-state index in [1.165, 1.54) is 15.8 Å². The van der Waals surface area contributed by atoms with Crippen molar-refractivity contribution in [3.63, 3.8) is 0 Å². The number of hydrogen-bond donors (Lipinski definition) is 1. The highest BCUT2D eigenvalue weighted by molar-refractivity contribution is 5.80. The Labute approximate surface area is 139 Å². The topological polar surface area (TPSA) is 92.5 Å². The summed E-state index contributed by atoms with van der Waals surface area (Å²) in [6, 6.07) is 5.44. The van der Waals surface area contributed by atoms with Crippen molar-refractivity contribution >= 4 is 22.8 Å². The van der Waals surface area contributed by atoms with Crippen LogP contribution in [0.25, 0.3) is 10.9 Å². The SMILES string of the molecule is Cc1cccc2c(=O)n(CCC(=O)N(C)CCCC(=O)O)cnc12. The van der Waals surface area contributed by atoms with E-state index in [0.29, 0.717) is 23.9 Å². The molecule has 2 rings (SSSR count). The second-order valence-corrected chi connectivity index (χ2v) is 5.78. The van der Waals surface area contributed by atoms with Gasteiger partial charge in [0.2, 0.25) is 5.91 Å². The first-order valence-electron chi connectivity index (χ1n) is 7.80. The van der Waals surface area contributed by atoms with Crippen molar-refractivity contribution in [2.24, 2.45) is 0 Å². The van der Waals surface area contributed by atoms with E-state index in [1.807, 2.05) is 19.1 Å². The number of amides is 1. The molecule has 0 saturated carbocycles. The number of hydrogen-bond acceptors (Lipinski definition) is 4. The Morgan fingerprint density at radius 3 is 2.75 bits per heavy atom. The largest absolute Gasteiger partial charge is 0.481 e. The van der Waals surface area contributed by atoms with Crippen LogP contribution in [0.3, 0.4) is 0 Å². The molecule has 1 heterocycles. The molecule has 2 aromatic rings. The minimum absolute atomic E-state index is 0.0328. The molecule has 1 N–H and O–H groups in total. The molecule has 0 bridgehead atoms. The second kappa shape index (κ2) is 7.72. The summed E-state index contributed by atoms with van der Waals surface area (Å²) in [5.41, 5.74) is 1.45. The van der Waals surface area contributed by atoms with E-state index in [1.54, 1.807) is 13.1 Å². The Morgan fingerprint density at radius 1 is 1.29 bits per heavy atom. The van der Waals surface area contributed by atoms with Crippen LogP contribution in [0.15, 0.2) is 29.3 Å². The van der Waals surface area contributed by atoms with Crippen LogP contribution in [-0.2, 0) is 16.1 Å². The van der Waals surface area contributed by atoms with Gasteiger partial charge >= 0.3 is 5.97 Å². The van der Waals surface area contributed by atoms with Gasteiger partial charge in [-0.1, -0.05) is 12.1 Å². The molecule has 0 atom stereocenters. The predicted molar refractivity (Wildman–Crippen MR) is 89.9 cm³/mol. The van der Waals surface area contributed by atoms with Crippen molar-refractivity contribution in [2.45, 2.75) is 32.7 Å². The molecule has 1 aromatic carbocycles. The average molecular weight is 331 g/mol. The lowest BCUT2D eigenvalue weighted by atomic mass is 10.1. The lowest BCUT2D eigenvalue weighted by Crippen LogP contribution is -2.30. The fourth-order valence-electron chi connectivity index (χ4n) is 2.50. The normalized spacial score (nSPS) is 10.8. The molecular weight excluding hydrogens is 310 g/mol. The highest BCUT2D eigenvalue weighted by Crippen LogP contribution is 2.11. The quantitative estimate of drug-likeness (QED) is 0.828. The maximum absolute atomic E-state index is 12.4. The first-order valence-corrected chi connectivity index (χ1v) is 7.80. The Balaban J connectivity index is 2.00. The van der Waals surface area contributed by atoms with Crippen molar-refractivity contribution in [3.8, 4) is 0 Å². The summed E-state index contributed by atoms with van der Waals surface area (Å²) in [5.74, 6) is -1.00. The molecule has 0 aliphatic heterocycles. The van der Waals surface area contributed by atoms with Crippen LogP contribution in [0.1, 0.15) is 24.8 Å². The van der Waals surface area contributed by atoms with Gasteiger partial charge in [-0.05, 0) is 25.0 Å². The van der Waals surface area contributed by atoms with Gasteiger partial charge in [0.05, 0.1) is 17.2 Å². The zero-order valence-corrected chi connectivity index (χ0v) is 13.9. The number of carbonyl (C=O) groups excluding carboxylic acids is 1. The third-order valence-electron chi connectivity index (χ3n) is 3.93. The van der Waals surface area contributed by atoms with Gasteiger partial charge in [0.1, 0.15) is 0 Å². The second-order valence-electron chi connectivity index (χ2n) is 5.78. The van der Waals surface area contributed by atoms with E-state index in [4.69, 9.17) is 5.11 Å². The molecular formula is C17H21N3O4.